The number of hydrogen-bond donors (Lipinski definition) is 0. The first-order valence-electron chi connectivity index (χ1n) is 6.89. The van der Waals surface area contributed by atoms with Crippen molar-refractivity contribution in [3.8, 4) is 0 Å². The molecule has 0 aromatic heterocycles. The van der Waals surface area contributed by atoms with E-state index in [0.29, 0.717) is 16.7 Å². The summed E-state index contributed by atoms with van der Waals surface area (Å²) in [6.07, 6.45) is 4.66. The van der Waals surface area contributed by atoms with Gasteiger partial charge in [0.05, 0.1) is 5.75 Å². The van der Waals surface area contributed by atoms with Crippen LogP contribution in [0, 0.1) is 5.82 Å². The number of halogens is 1. The van der Waals surface area contributed by atoms with Crippen LogP contribution in [0.5, 0.6) is 0 Å². The lowest BCUT2D eigenvalue weighted by Gasteiger charge is -2.27. The lowest BCUT2D eigenvalue weighted by molar-refractivity contribution is -0.130. The fourth-order valence-corrected chi connectivity index (χ4v) is 3.46. The molecule has 0 N–H and O–H groups in total. The van der Waals surface area contributed by atoms with Gasteiger partial charge in [0.25, 0.3) is 0 Å². The van der Waals surface area contributed by atoms with Crippen molar-refractivity contribution in [1.82, 2.24) is 4.90 Å². The Morgan fingerprint density at radius 2 is 2.05 bits per heavy atom. The number of carbonyl (C=O) groups excluding carboxylic acids is 1. The SMILES string of the molecule is CCN(C(=O)CSc1ccccc1F)C1CCCC1. The summed E-state index contributed by atoms with van der Waals surface area (Å²) in [4.78, 5) is 14.7. The molecular weight excluding hydrogens is 261 g/mol. The summed E-state index contributed by atoms with van der Waals surface area (Å²) in [6, 6.07) is 7.02. The van der Waals surface area contributed by atoms with Crippen molar-refractivity contribution >= 4 is 17.7 Å². The molecule has 104 valence electrons. The molecule has 1 saturated carbocycles. The van der Waals surface area contributed by atoms with Crippen LogP contribution in [0.1, 0.15) is 32.6 Å². The second-order valence-electron chi connectivity index (χ2n) is 4.84. The van der Waals surface area contributed by atoms with Gasteiger partial charge in [0, 0.05) is 17.5 Å². The minimum absolute atomic E-state index is 0.127. The van der Waals surface area contributed by atoms with Crippen LogP contribution in [-0.2, 0) is 4.79 Å². The van der Waals surface area contributed by atoms with Gasteiger partial charge in [-0.25, -0.2) is 4.39 Å². The quantitative estimate of drug-likeness (QED) is 0.767. The Labute approximate surface area is 118 Å². The maximum atomic E-state index is 13.5. The molecule has 2 nitrogen and oxygen atoms in total. The maximum absolute atomic E-state index is 13.5. The molecule has 0 saturated heterocycles. The summed E-state index contributed by atoms with van der Waals surface area (Å²) in [7, 11) is 0. The van der Waals surface area contributed by atoms with E-state index in [0.717, 1.165) is 19.4 Å². The van der Waals surface area contributed by atoms with Gasteiger partial charge >= 0.3 is 0 Å². The van der Waals surface area contributed by atoms with Gasteiger partial charge in [0.2, 0.25) is 5.91 Å². The van der Waals surface area contributed by atoms with Crippen molar-refractivity contribution in [2.45, 2.75) is 43.5 Å². The fraction of sp³-hybridized carbons (Fsp3) is 0.533. The molecule has 0 spiro atoms. The lowest BCUT2D eigenvalue weighted by Crippen LogP contribution is -2.39. The highest BCUT2D eigenvalue weighted by Crippen LogP contribution is 2.26. The minimum Gasteiger partial charge on any atom is -0.339 e. The number of amides is 1. The second-order valence-corrected chi connectivity index (χ2v) is 5.85. The molecule has 1 aromatic carbocycles. The first-order valence-corrected chi connectivity index (χ1v) is 7.87. The average Bonchev–Trinajstić information content (AvgIpc) is 2.92. The van der Waals surface area contributed by atoms with Crippen LogP contribution in [0.3, 0.4) is 0 Å². The molecule has 0 unspecified atom stereocenters. The number of nitrogens with zero attached hydrogens (tertiary/aromatic N) is 1. The van der Waals surface area contributed by atoms with Crippen molar-refractivity contribution in [2.24, 2.45) is 0 Å². The van der Waals surface area contributed by atoms with Crippen LogP contribution in [-0.4, -0.2) is 29.1 Å². The van der Waals surface area contributed by atoms with Gasteiger partial charge in [-0.1, -0.05) is 25.0 Å². The van der Waals surface area contributed by atoms with Crippen molar-refractivity contribution in [2.75, 3.05) is 12.3 Å². The third-order valence-corrected chi connectivity index (χ3v) is 4.65. The van der Waals surface area contributed by atoms with E-state index in [4.69, 9.17) is 0 Å². The molecule has 1 fully saturated rings. The molecule has 0 aliphatic heterocycles. The van der Waals surface area contributed by atoms with E-state index in [1.165, 1.54) is 30.7 Å². The zero-order valence-electron chi connectivity index (χ0n) is 11.3. The van der Waals surface area contributed by atoms with Crippen molar-refractivity contribution < 1.29 is 9.18 Å². The van der Waals surface area contributed by atoms with E-state index in [1.807, 2.05) is 11.8 Å². The normalized spacial score (nSPS) is 15.7. The molecular formula is C15H20FNOS. The Morgan fingerprint density at radius 1 is 1.37 bits per heavy atom. The molecule has 1 amide bonds. The Morgan fingerprint density at radius 3 is 2.68 bits per heavy atom. The summed E-state index contributed by atoms with van der Waals surface area (Å²) in [5.74, 6) is 0.206. The van der Waals surface area contributed by atoms with Gasteiger partial charge in [0.1, 0.15) is 5.82 Å². The summed E-state index contributed by atoms with van der Waals surface area (Å²) >= 11 is 1.29. The summed E-state index contributed by atoms with van der Waals surface area (Å²) < 4.78 is 13.5. The summed E-state index contributed by atoms with van der Waals surface area (Å²) in [6.45, 7) is 2.77. The molecule has 0 heterocycles. The predicted octanol–water partition coefficient (Wildman–Crippen LogP) is 3.71. The summed E-state index contributed by atoms with van der Waals surface area (Å²) in [5, 5.41) is 0. The molecule has 0 bridgehead atoms. The van der Waals surface area contributed by atoms with Gasteiger partial charge in [-0.05, 0) is 31.9 Å². The molecule has 4 heteroatoms. The van der Waals surface area contributed by atoms with Gasteiger partial charge in [-0.2, -0.15) is 0 Å². The van der Waals surface area contributed by atoms with Crippen molar-refractivity contribution in [1.29, 1.82) is 0 Å². The van der Waals surface area contributed by atoms with Crippen LogP contribution >= 0.6 is 11.8 Å². The number of carbonyl (C=O) groups is 1. The van der Waals surface area contributed by atoms with Crippen LogP contribution in [0.25, 0.3) is 0 Å². The third-order valence-electron chi connectivity index (χ3n) is 3.61. The van der Waals surface area contributed by atoms with Crippen LogP contribution in [0.15, 0.2) is 29.2 Å². The van der Waals surface area contributed by atoms with E-state index in [9.17, 15) is 9.18 Å². The highest BCUT2D eigenvalue weighted by atomic mass is 32.2. The van der Waals surface area contributed by atoms with Crippen molar-refractivity contribution in [3.05, 3.63) is 30.1 Å². The predicted molar refractivity (Wildman–Crippen MR) is 76.8 cm³/mol. The van der Waals surface area contributed by atoms with E-state index in [2.05, 4.69) is 0 Å². The zero-order valence-corrected chi connectivity index (χ0v) is 12.1. The number of thioether (sulfide) groups is 1. The Kier molecular flexibility index (Phi) is 5.25. The monoisotopic (exact) mass is 281 g/mol. The van der Waals surface area contributed by atoms with E-state index >= 15 is 0 Å². The van der Waals surface area contributed by atoms with Crippen LogP contribution in [0.2, 0.25) is 0 Å². The molecule has 2 rings (SSSR count). The Balaban J connectivity index is 1.91. The largest absolute Gasteiger partial charge is 0.339 e. The molecule has 1 aromatic rings. The minimum atomic E-state index is -0.246. The average molecular weight is 281 g/mol. The van der Waals surface area contributed by atoms with Gasteiger partial charge in [0.15, 0.2) is 0 Å². The van der Waals surface area contributed by atoms with Crippen LogP contribution < -0.4 is 0 Å². The van der Waals surface area contributed by atoms with Gasteiger partial charge < -0.3 is 4.90 Å². The van der Waals surface area contributed by atoms with Crippen LogP contribution in [0.4, 0.5) is 4.39 Å². The van der Waals surface area contributed by atoms with Gasteiger partial charge in [-0.3, -0.25) is 4.79 Å². The molecule has 0 radical (unpaired) electrons. The van der Waals surface area contributed by atoms with Gasteiger partial charge in [-0.15, -0.1) is 11.8 Å². The highest BCUT2D eigenvalue weighted by molar-refractivity contribution is 8.00. The first kappa shape index (κ1) is 14.4. The number of benzene rings is 1. The Hall–Kier alpha value is -1.03. The maximum Gasteiger partial charge on any atom is 0.233 e. The highest BCUT2D eigenvalue weighted by Gasteiger charge is 2.25. The standard InChI is InChI=1S/C15H20FNOS/c1-2-17(12-7-3-4-8-12)15(18)11-19-14-10-6-5-9-13(14)16/h5-6,9-10,12H,2-4,7-8,11H2,1H3. The molecule has 1 aliphatic rings. The third kappa shape index (κ3) is 3.72. The number of rotatable bonds is 5. The zero-order chi connectivity index (χ0) is 13.7. The van der Waals surface area contributed by atoms with Crippen molar-refractivity contribution in [3.63, 3.8) is 0 Å². The van der Waals surface area contributed by atoms with E-state index in [1.54, 1.807) is 18.2 Å². The Bertz CT molecular complexity index is 432. The fourth-order valence-electron chi connectivity index (χ4n) is 2.64. The molecule has 0 atom stereocenters. The smallest absolute Gasteiger partial charge is 0.233 e. The van der Waals surface area contributed by atoms with E-state index in [-0.39, 0.29) is 11.7 Å². The topological polar surface area (TPSA) is 20.3 Å². The first-order chi connectivity index (χ1) is 9.22. The van der Waals surface area contributed by atoms with E-state index < -0.39 is 0 Å². The number of hydrogen-bond acceptors (Lipinski definition) is 2. The second kappa shape index (κ2) is 6.94. The lowest BCUT2D eigenvalue weighted by atomic mass is 10.2. The summed E-state index contributed by atoms with van der Waals surface area (Å²) in [5.41, 5.74) is 0. The molecule has 1 aliphatic carbocycles. The molecule has 19 heavy (non-hydrogen) atoms.